The molecule has 0 radical (unpaired) electrons. The summed E-state index contributed by atoms with van der Waals surface area (Å²) in [5.74, 6) is 3.90. The molecule has 33 heavy (non-hydrogen) atoms. The Morgan fingerprint density at radius 2 is 1.79 bits per heavy atom. The highest BCUT2D eigenvalue weighted by molar-refractivity contribution is 7.86. The molecule has 0 spiro atoms. The topological polar surface area (TPSA) is 63.6 Å². The molecule has 0 heterocycles. The highest BCUT2D eigenvalue weighted by Gasteiger charge is 2.59. The fourth-order valence-electron chi connectivity index (χ4n) is 8.96. The molecule has 4 rings (SSSR count). The fourth-order valence-corrected chi connectivity index (χ4v) is 9.73. The Balaban J connectivity index is 1.45. The van der Waals surface area contributed by atoms with Gasteiger partial charge in [0.05, 0.1) is 18.5 Å². The van der Waals surface area contributed by atoms with E-state index in [1.165, 1.54) is 38.4 Å². The van der Waals surface area contributed by atoms with E-state index >= 15 is 0 Å². The molecule has 1 N–H and O–H groups in total. The van der Waals surface area contributed by atoms with Gasteiger partial charge in [-0.2, -0.15) is 8.42 Å². The Morgan fingerprint density at radius 1 is 1.06 bits per heavy atom. The van der Waals surface area contributed by atoms with Crippen molar-refractivity contribution >= 4 is 10.1 Å². The highest BCUT2D eigenvalue weighted by Crippen LogP contribution is 2.67. The number of fused-ring (bicyclic) bond motifs is 5. The van der Waals surface area contributed by atoms with Gasteiger partial charge >= 0.3 is 0 Å². The van der Waals surface area contributed by atoms with Crippen molar-refractivity contribution in [2.24, 2.45) is 46.3 Å². The van der Waals surface area contributed by atoms with Crippen molar-refractivity contribution in [3.63, 3.8) is 0 Å². The average molecular weight is 481 g/mol. The number of hydrogen-bond donors (Lipinski definition) is 1. The van der Waals surface area contributed by atoms with E-state index in [1.54, 1.807) is 5.57 Å². The molecular formula is C28H48O4S. The lowest BCUT2D eigenvalue weighted by molar-refractivity contribution is -0.0578. The van der Waals surface area contributed by atoms with Crippen molar-refractivity contribution in [1.82, 2.24) is 0 Å². The van der Waals surface area contributed by atoms with Gasteiger partial charge in [0.1, 0.15) is 0 Å². The van der Waals surface area contributed by atoms with Gasteiger partial charge in [-0.1, -0.05) is 46.3 Å². The van der Waals surface area contributed by atoms with E-state index < -0.39 is 10.1 Å². The lowest BCUT2D eigenvalue weighted by Gasteiger charge is -2.58. The fraction of sp³-hybridized carbons (Fsp3) is 0.929. The van der Waals surface area contributed by atoms with E-state index in [2.05, 4.69) is 40.7 Å². The van der Waals surface area contributed by atoms with Crippen LogP contribution in [-0.4, -0.2) is 32.0 Å². The van der Waals surface area contributed by atoms with Crippen LogP contribution in [0.2, 0.25) is 0 Å². The molecule has 4 aliphatic rings. The summed E-state index contributed by atoms with van der Waals surface area (Å²) in [7, 11) is -3.42. The van der Waals surface area contributed by atoms with Crippen LogP contribution < -0.4 is 0 Å². The second kappa shape index (κ2) is 9.24. The van der Waals surface area contributed by atoms with E-state index in [9.17, 15) is 13.5 Å². The molecule has 4 aliphatic carbocycles. The Morgan fingerprint density at radius 3 is 2.45 bits per heavy atom. The predicted octanol–water partition coefficient (Wildman–Crippen LogP) is 6.34. The van der Waals surface area contributed by atoms with Crippen LogP contribution in [0, 0.1) is 46.3 Å². The maximum atomic E-state index is 11.7. The van der Waals surface area contributed by atoms with Crippen LogP contribution in [0.4, 0.5) is 0 Å². The minimum atomic E-state index is -3.42. The first-order valence-electron chi connectivity index (χ1n) is 13.6. The van der Waals surface area contributed by atoms with Gasteiger partial charge in [-0.3, -0.25) is 4.18 Å². The van der Waals surface area contributed by atoms with Gasteiger partial charge in [-0.25, -0.2) is 0 Å². The molecule has 0 amide bonds. The molecule has 0 saturated heterocycles. The van der Waals surface area contributed by atoms with E-state index in [1.807, 2.05) is 0 Å². The van der Waals surface area contributed by atoms with Gasteiger partial charge in [0.2, 0.25) is 0 Å². The second-order valence-corrected chi connectivity index (χ2v) is 14.6. The molecule has 0 bridgehead atoms. The zero-order valence-electron chi connectivity index (χ0n) is 21.8. The van der Waals surface area contributed by atoms with Crippen LogP contribution >= 0.6 is 0 Å². The number of hydrogen-bond acceptors (Lipinski definition) is 4. The quantitative estimate of drug-likeness (QED) is 0.341. The molecule has 9 atom stereocenters. The van der Waals surface area contributed by atoms with Crippen molar-refractivity contribution in [2.75, 3.05) is 6.26 Å². The van der Waals surface area contributed by atoms with E-state index in [-0.39, 0.29) is 18.1 Å². The number of aliphatic hydroxyl groups is 1. The van der Waals surface area contributed by atoms with Crippen LogP contribution in [-0.2, 0) is 14.3 Å². The van der Waals surface area contributed by atoms with Crippen LogP contribution in [0.25, 0.3) is 0 Å². The first-order valence-corrected chi connectivity index (χ1v) is 15.4. The molecule has 3 fully saturated rings. The zero-order chi connectivity index (χ0) is 24.2. The zero-order valence-corrected chi connectivity index (χ0v) is 22.7. The van der Waals surface area contributed by atoms with Crippen LogP contribution in [0.15, 0.2) is 11.6 Å². The standard InChI is InChI=1S/C28H48O4S/c1-18(2)26(32-33(6,30)31)12-7-19(3)23-10-11-24-22-9-8-20-17-21(29)13-15-27(20,4)25(22)14-16-28(23,24)5/h8,18-19,21-26,29H,7,9-17H2,1-6H3/t19-,21+,22+,23-,24+,25+,26+,27+,28-/m1/s1. The van der Waals surface area contributed by atoms with Gasteiger partial charge in [0.15, 0.2) is 0 Å². The second-order valence-electron chi connectivity index (χ2n) is 13.0. The SMILES string of the molecule is CC(C)[C@H](CC[C@@H](C)[C@H]1CC[C@H]2[C@@H]3CC=C4C[C@@H](O)CC[C@]4(C)[C@H]3CC[C@]12C)OS(C)(=O)=O. The molecule has 3 saturated carbocycles. The summed E-state index contributed by atoms with van der Waals surface area (Å²) < 4.78 is 28.9. The van der Waals surface area contributed by atoms with Gasteiger partial charge in [0, 0.05) is 0 Å². The van der Waals surface area contributed by atoms with Gasteiger partial charge in [-0.05, 0) is 111 Å². The van der Waals surface area contributed by atoms with Crippen molar-refractivity contribution in [3.05, 3.63) is 11.6 Å². The summed E-state index contributed by atoms with van der Waals surface area (Å²) in [6.45, 7) is 11.6. The van der Waals surface area contributed by atoms with Crippen molar-refractivity contribution in [3.8, 4) is 0 Å². The first kappa shape index (κ1) is 25.7. The van der Waals surface area contributed by atoms with E-state index in [0.717, 1.165) is 55.8 Å². The molecule has 4 nitrogen and oxygen atoms in total. The summed E-state index contributed by atoms with van der Waals surface area (Å²) in [4.78, 5) is 0. The van der Waals surface area contributed by atoms with E-state index in [4.69, 9.17) is 4.18 Å². The first-order chi connectivity index (χ1) is 15.3. The minimum absolute atomic E-state index is 0.132. The van der Waals surface area contributed by atoms with Crippen LogP contribution in [0.1, 0.15) is 98.8 Å². The minimum Gasteiger partial charge on any atom is -0.393 e. The third kappa shape index (κ3) is 4.85. The van der Waals surface area contributed by atoms with E-state index in [0.29, 0.717) is 16.7 Å². The number of aliphatic hydroxyl groups excluding tert-OH is 1. The summed E-state index contributed by atoms with van der Waals surface area (Å²) in [6.07, 6.45) is 14.8. The summed E-state index contributed by atoms with van der Waals surface area (Å²) in [5, 5.41) is 10.2. The summed E-state index contributed by atoms with van der Waals surface area (Å²) in [5.41, 5.74) is 2.27. The molecule has 0 aromatic carbocycles. The average Bonchev–Trinajstić information content (AvgIpc) is 3.07. The van der Waals surface area contributed by atoms with Crippen LogP contribution in [0.3, 0.4) is 0 Å². The lowest BCUT2D eigenvalue weighted by Crippen LogP contribution is -2.50. The van der Waals surface area contributed by atoms with Gasteiger partial charge in [0.25, 0.3) is 10.1 Å². The van der Waals surface area contributed by atoms with Crippen molar-refractivity contribution < 1.29 is 17.7 Å². The Bertz CT molecular complexity index is 848. The summed E-state index contributed by atoms with van der Waals surface area (Å²) in [6, 6.07) is 0. The molecule has 5 heteroatoms. The number of allylic oxidation sites excluding steroid dienone is 1. The smallest absolute Gasteiger partial charge is 0.264 e. The largest absolute Gasteiger partial charge is 0.393 e. The monoisotopic (exact) mass is 480 g/mol. The van der Waals surface area contributed by atoms with Crippen molar-refractivity contribution in [1.29, 1.82) is 0 Å². The Labute approximate surface area is 203 Å². The highest BCUT2D eigenvalue weighted by atomic mass is 32.2. The maximum Gasteiger partial charge on any atom is 0.264 e. The normalized spacial score (nSPS) is 42.8. The maximum absolute atomic E-state index is 11.7. The number of rotatable bonds is 7. The molecule has 0 aromatic heterocycles. The Hall–Kier alpha value is -0.390. The third-order valence-electron chi connectivity index (χ3n) is 10.8. The predicted molar refractivity (Wildman–Crippen MR) is 134 cm³/mol. The molecule has 190 valence electrons. The summed E-state index contributed by atoms with van der Waals surface area (Å²) >= 11 is 0. The van der Waals surface area contributed by atoms with Gasteiger partial charge in [-0.15, -0.1) is 0 Å². The third-order valence-corrected chi connectivity index (χ3v) is 11.4. The molecule has 0 aromatic rings. The molecule has 0 aliphatic heterocycles. The Kier molecular flexibility index (Phi) is 7.20. The molecular weight excluding hydrogens is 432 g/mol. The van der Waals surface area contributed by atoms with Gasteiger partial charge < -0.3 is 5.11 Å². The van der Waals surface area contributed by atoms with Crippen molar-refractivity contribution in [2.45, 2.75) is 111 Å². The lowest BCUT2D eigenvalue weighted by atomic mass is 9.47. The molecule has 0 unspecified atom stereocenters. The van der Waals surface area contributed by atoms with Crippen LogP contribution in [0.5, 0.6) is 0 Å².